The lowest BCUT2D eigenvalue weighted by atomic mass is 10.0. The monoisotopic (exact) mass is 280 g/mol. The Labute approximate surface area is 124 Å². The van der Waals surface area contributed by atoms with Gasteiger partial charge in [0.2, 0.25) is 0 Å². The van der Waals surface area contributed by atoms with E-state index in [1.165, 1.54) is 77.0 Å². The maximum atomic E-state index is 2.39. The van der Waals surface area contributed by atoms with Gasteiger partial charge < -0.3 is 0 Å². The van der Waals surface area contributed by atoms with Crippen LogP contribution in [0.25, 0.3) is 0 Å². The van der Waals surface area contributed by atoms with Gasteiger partial charge in [-0.3, -0.25) is 0 Å². The Balaban J connectivity index is 2.10. The van der Waals surface area contributed by atoms with Crippen LogP contribution in [0.5, 0.6) is 0 Å². The van der Waals surface area contributed by atoms with Gasteiger partial charge in [-0.25, -0.2) is 0 Å². The lowest BCUT2D eigenvalue weighted by molar-refractivity contribution is 0.588. The summed E-state index contributed by atoms with van der Waals surface area (Å²) >= 11 is 1.90. The zero-order chi connectivity index (χ0) is 13.8. The third-order valence-corrected chi connectivity index (χ3v) is 4.77. The van der Waals surface area contributed by atoms with Crippen LogP contribution in [0.3, 0.4) is 0 Å². The molecule has 0 saturated carbocycles. The van der Waals surface area contributed by atoms with Crippen molar-refractivity contribution in [2.45, 2.75) is 90.9 Å². The molecule has 1 aromatic rings. The molecule has 0 aliphatic heterocycles. The molecular formula is C18H32S. The Kier molecular flexibility index (Phi) is 10.2. The minimum absolute atomic E-state index is 1.31. The molecule has 0 atom stereocenters. The van der Waals surface area contributed by atoms with E-state index in [2.05, 4.69) is 24.6 Å². The third kappa shape index (κ3) is 7.77. The van der Waals surface area contributed by atoms with Crippen LogP contribution < -0.4 is 0 Å². The van der Waals surface area contributed by atoms with E-state index in [9.17, 15) is 0 Å². The molecule has 0 nitrogen and oxygen atoms in total. The van der Waals surface area contributed by atoms with Crippen LogP contribution in [0, 0.1) is 0 Å². The Morgan fingerprint density at radius 2 is 1.05 bits per heavy atom. The van der Waals surface area contributed by atoms with Gasteiger partial charge in [0, 0.05) is 0 Å². The average molecular weight is 281 g/mol. The molecule has 0 radical (unpaired) electrons. The largest absolute Gasteiger partial charge is 0.152 e. The van der Waals surface area contributed by atoms with E-state index in [0.717, 1.165) is 0 Å². The quantitative estimate of drug-likeness (QED) is 0.370. The summed E-state index contributed by atoms with van der Waals surface area (Å²) in [6.45, 7) is 4.57. The molecule has 1 heteroatoms. The smallest absolute Gasteiger partial charge is 0.00584 e. The van der Waals surface area contributed by atoms with Crippen molar-refractivity contribution in [1.82, 2.24) is 0 Å². The van der Waals surface area contributed by atoms with Gasteiger partial charge in [0.1, 0.15) is 0 Å². The molecule has 19 heavy (non-hydrogen) atoms. The van der Waals surface area contributed by atoms with E-state index in [1.54, 1.807) is 11.1 Å². The van der Waals surface area contributed by atoms with Gasteiger partial charge in [-0.1, -0.05) is 65.2 Å². The number of hydrogen-bond acceptors (Lipinski definition) is 1. The predicted octanol–water partition coefficient (Wildman–Crippen LogP) is 6.77. The lowest BCUT2D eigenvalue weighted by Crippen LogP contribution is -1.91. The van der Waals surface area contributed by atoms with Crippen LogP contribution >= 0.6 is 11.3 Å². The third-order valence-electron chi connectivity index (χ3n) is 3.93. The second-order valence-electron chi connectivity index (χ2n) is 5.75. The topological polar surface area (TPSA) is 0 Å². The van der Waals surface area contributed by atoms with Crippen molar-refractivity contribution in [3.63, 3.8) is 0 Å². The van der Waals surface area contributed by atoms with Gasteiger partial charge in [0.05, 0.1) is 0 Å². The highest BCUT2D eigenvalue weighted by Gasteiger charge is 2.03. The Morgan fingerprint density at radius 1 is 0.632 bits per heavy atom. The van der Waals surface area contributed by atoms with Crippen LogP contribution in [0.2, 0.25) is 0 Å². The minimum atomic E-state index is 1.31. The summed E-state index contributed by atoms with van der Waals surface area (Å²) in [5.74, 6) is 0. The van der Waals surface area contributed by atoms with Gasteiger partial charge in [-0.05, 0) is 47.6 Å². The standard InChI is InChI=1S/C18H32S/c1-3-5-7-8-9-10-12-14-18-16-19-15-17(18)13-11-6-4-2/h15-16H,3-14H2,1-2H3. The van der Waals surface area contributed by atoms with Gasteiger partial charge in [-0.2, -0.15) is 11.3 Å². The first-order valence-electron chi connectivity index (χ1n) is 8.42. The zero-order valence-electron chi connectivity index (χ0n) is 13.0. The van der Waals surface area contributed by atoms with Gasteiger partial charge in [0.15, 0.2) is 0 Å². The van der Waals surface area contributed by atoms with Crippen molar-refractivity contribution in [2.24, 2.45) is 0 Å². The predicted molar refractivity (Wildman–Crippen MR) is 89.2 cm³/mol. The van der Waals surface area contributed by atoms with Gasteiger partial charge >= 0.3 is 0 Å². The highest BCUT2D eigenvalue weighted by molar-refractivity contribution is 7.08. The zero-order valence-corrected chi connectivity index (χ0v) is 13.9. The number of aryl methyl sites for hydroxylation is 2. The second-order valence-corrected chi connectivity index (χ2v) is 6.49. The van der Waals surface area contributed by atoms with Crippen LogP contribution in [-0.4, -0.2) is 0 Å². The first-order valence-corrected chi connectivity index (χ1v) is 9.36. The van der Waals surface area contributed by atoms with Crippen LogP contribution in [-0.2, 0) is 12.8 Å². The van der Waals surface area contributed by atoms with Crippen molar-refractivity contribution >= 4 is 11.3 Å². The Hall–Kier alpha value is -0.300. The average Bonchev–Trinajstić information content (AvgIpc) is 2.86. The number of hydrogen-bond donors (Lipinski definition) is 0. The molecule has 0 fully saturated rings. The van der Waals surface area contributed by atoms with Crippen LogP contribution in [0.4, 0.5) is 0 Å². The number of thiophene rings is 1. The summed E-state index contributed by atoms with van der Waals surface area (Å²) in [7, 11) is 0. The summed E-state index contributed by atoms with van der Waals surface area (Å²) in [5.41, 5.74) is 3.29. The Morgan fingerprint density at radius 3 is 1.63 bits per heavy atom. The lowest BCUT2D eigenvalue weighted by Gasteiger charge is -2.04. The van der Waals surface area contributed by atoms with Crippen molar-refractivity contribution < 1.29 is 0 Å². The van der Waals surface area contributed by atoms with E-state index >= 15 is 0 Å². The summed E-state index contributed by atoms with van der Waals surface area (Å²) < 4.78 is 0. The van der Waals surface area contributed by atoms with E-state index in [1.807, 2.05) is 11.3 Å². The maximum absolute atomic E-state index is 2.39. The highest BCUT2D eigenvalue weighted by atomic mass is 32.1. The molecular weight excluding hydrogens is 248 g/mol. The van der Waals surface area contributed by atoms with E-state index in [0.29, 0.717) is 0 Å². The highest BCUT2D eigenvalue weighted by Crippen LogP contribution is 2.20. The minimum Gasteiger partial charge on any atom is -0.152 e. The van der Waals surface area contributed by atoms with Crippen molar-refractivity contribution in [2.75, 3.05) is 0 Å². The van der Waals surface area contributed by atoms with Crippen molar-refractivity contribution in [3.8, 4) is 0 Å². The number of rotatable bonds is 12. The SMILES string of the molecule is CCCCCCCCCc1cscc1CCCCC. The molecule has 0 aliphatic carbocycles. The molecule has 0 amide bonds. The molecule has 0 aromatic carbocycles. The normalized spacial score (nSPS) is 11.1. The number of unbranched alkanes of at least 4 members (excludes halogenated alkanes) is 8. The molecule has 0 bridgehead atoms. The van der Waals surface area contributed by atoms with Crippen LogP contribution in [0.1, 0.15) is 89.2 Å². The van der Waals surface area contributed by atoms with E-state index < -0.39 is 0 Å². The second kappa shape index (κ2) is 11.5. The molecule has 1 aromatic heterocycles. The summed E-state index contributed by atoms with van der Waals surface area (Å²) in [4.78, 5) is 0. The van der Waals surface area contributed by atoms with Crippen LogP contribution in [0.15, 0.2) is 10.8 Å². The molecule has 0 aliphatic rings. The molecule has 0 N–H and O–H groups in total. The first kappa shape index (κ1) is 16.8. The van der Waals surface area contributed by atoms with Gasteiger partial charge in [-0.15, -0.1) is 0 Å². The van der Waals surface area contributed by atoms with Crippen molar-refractivity contribution in [3.05, 3.63) is 21.9 Å². The van der Waals surface area contributed by atoms with Crippen molar-refractivity contribution in [1.29, 1.82) is 0 Å². The van der Waals surface area contributed by atoms with Gasteiger partial charge in [0.25, 0.3) is 0 Å². The first-order chi connectivity index (χ1) is 9.38. The summed E-state index contributed by atoms with van der Waals surface area (Å²) in [6, 6.07) is 0. The van der Waals surface area contributed by atoms with E-state index in [4.69, 9.17) is 0 Å². The molecule has 1 rings (SSSR count). The Bertz CT molecular complexity index is 300. The molecule has 0 spiro atoms. The summed E-state index contributed by atoms with van der Waals surface area (Å²) in [5, 5.41) is 4.77. The fraction of sp³-hybridized carbons (Fsp3) is 0.778. The maximum Gasteiger partial charge on any atom is -0.00584 e. The fourth-order valence-corrected chi connectivity index (χ4v) is 3.56. The summed E-state index contributed by atoms with van der Waals surface area (Å²) in [6.07, 6.45) is 16.6. The van der Waals surface area contributed by atoms with E-state index in [-0.39, 0.29) is 0 Å². The molecule has 0 unspecified atom stereocenters. The molecule has 0 saturated heterocycles. The molecule has 1 heterocycles. The fourth-order valence-electron chi connectivity index (χ4n) is 2.63. The molecule has 110 valence electrons.